The van der Waals surface area contributed by atoms with Crippen molar-refractivity contribution in [3.05, 3.63) is 41.9 Å². The van der Waals surface area contributed by atoms with Crippen LogP contribution >= 0.6 is 0 Å². The Morgan fingerprint density at radius 3 is 2.58 bits per heavy atom. The van der Waals surface area contributed by atoms with Crippen LogP contribution in [-0.4, -0.2) is 25.2 Å². The van der Waals surface area contributed by atoms with Crippen molar-refractivity contribution in [2.45, 2.75) is 56.5 Å². The molecule has 0 heterocycles. The zero-order valence-electron chi connectivity index (χ0n) is 15.2. The Bertz CT molecular complexity index is 632. The Morgan fingerprint density at radius 2 is 2.00 bits per heavy atom. The molecule has 1 aliphatic rings. The predicted octanol–water partition coefficient (Wildman–Crippen LogP) is 3.87. The van der Waals surface area contributed by atoms with E-state index < -0.39 is 23.9 Å². The van der Waals surface area contributed by atoms with Crippen molar-refractivity contribution in [2.24, 2.45) is 11.5 Å². The fourth-order valence-corrected chi connectivity index (χ4v) is 3.35. The van der Waals surface area contributed by atoms with Crippen LogP contribution in [0.5, 0.6) is 0 Å². The van der Waals surface area contributed by atoms with E-state index >= 15 is 0 Å². The van der Waals surface area contributed by atoms with Crippen LogP contribution in [0.4, 0.5) is 18.9 Å². The molecule has 0 aromatic heterocycles. The lowest BCUT2D eigenvalue weighted by atomic mass is 9.81. The molecule has 0 spiro atoms. The molecule has 1 aliphatic carbocycles. The van der Waals surface area contributed by atoms with Gasteiger partial charge >= 0.3 is 0 Å². The maximum atomic E-state index is 14.8. The van der Waals surface area contributed by atoms with Crippen LogP contribution in [0, 0.1) is 5.82 Å². The number of anilines is 1. The minimum Gasteiger partial charge on any atom is -0.401 e. The summed E-state index contributed by atoms with van der Waals surface area (Å²) in [5.74, 6) is -4.24. The van der Waals surface area contributed by atoms with Gasteiger partial charge < -0.3 is 21.5 Å². The minimum atomic E-state index is -3.48. The Hall–Kier alpha value is -1.73. The van der Waals surface area contributed by atoms with Gasteiger partial charge in [0.1, 0.15) is 18.0 Å². The molecular formula is C19H28F3N3O. The van der Waals surface area contributed by atoms with E-state index in [4.69, 9.17) is 16.2 Å². The third-order valence-corrected chi connectivity index (χ3v) is 4.95. The number of nitrogens with one attached hydrogen (secondary N) is 1. The van der Waals surface area contributed by atoms with Gasteiger partial charge in [-0.2, -0.15) is 0 Å². The molecule has 0 amide bonds. The van der Waals surface area contributed by atoms with E-state index in [1.54, 1.807) is 6.07 Å². The molecule has 2 rings (SSSR count). The Morgan fingerprint density at radius 1 is 1.35 bits per heavy atom. The number of hydrogen-bond acceptors (Lipinski definition) is 4. The van der Waals surface area contributed by atoms with E-state index in [-0.39, 0.29) is 30.3 Å². The summed E-state index contributed by atoms with van der Waals surface area (Å²) in [5.41, 5.74) is 9.69. The first-order chi connectivity index (χ1) is 12.2. The molecule has 0 radical (unpaired) electrons. The van der Waals surface area contributed by atoms with Gasteiger partial charge in [0.25, 0.3) is 5.92 Å². The number of benzene rings is 1. The van der Waals surface area contributed by atoms with E-state index in [1.165, 1.54) is 19.1 Å². The van der Waals surface area contributed by atoms with Crippen LogP contribution in [0.1, 0.15) is 44.6 Å². The first-order valence-electron chi connectivity index (χ1n) is 8.94. The molecule has 0 saturated heterocycles. The summed E-state index contributed by atoms with van der Waals surface area (Å²) >= 11 is 0. The van der Waals surface area contributed by atoms with E-state index in [0.717, 1.165) is 25.7 Å². The molecule has 146 valence electrons. The number of alkyl halides is 2. The van der Waals surface area contributed by atoms with Crippen LogP contribution < -0.4 is 16.8 Å². The first-order valence-corrected chi connectivity index (χ1v) is 8.94. The molecule has 0 bridgehead atoms. The molecule has 0 unspecified atom stereocenters. The lowest BCUT2D eigenvalue weighted by Gasteiger charge is -2.37. The highest BCUT2D eigenvalue weighted by Crippen LogP contribution is 2.40. The molecule has 1 aromatic rings. The smallest absolute Gasteiger partial charge is 0.292 e. The van der Waals surface area contributed by atoms with Crippen LogP contribution in [0.25, 0.3) is 0 Å². The van der Waals surface area contributed by atoms with Gasteiger partial charge in [-0.3, -0.25) is 0 Å². The molecule has 1 atom stereocenters. The summed E-state index contributed by atoms with van der Waals surface area (Å²) in [6, 6.07) is 4.41. The minimum absolute atomic E-state index is 0.133. The third-order valence-electron chi connectivity index (χ3n) is 4.95. The molecule has 1 fully saturated rings. The van der Waals surface area contributed by atoms with Gasteiger partial charge in [0, 0.05) is 23.0 Å². The lowest BCUT2D eigenvalue weighted by molar-refractivity contribution is -0.131. The summed E-state index contributed by atoms with van der Waals surface area (Å²) < 4.78 is 49.0. The number of ether oxygens (including phenoxy) is 1. The average Bonchev–Trinajstić information content (AvgIpc) is 3.08. The predicted molar refractivity (Wildman–Crippen MR) is 97.5 cm³/mol. The third kappa shape index (κ3) is 4.51. The van der Waals surface area contributed by atoms with Crippen LogP contribution in [0.3, 0.4) is 0 Å². The van der Waals surface area contributed by atoms with Crippen molar-refractivity contribution in [2.75, 3.05) is 18.5 Å². The topological polar surface area (TPSA) is 73.3 Å². The Labute approximate surface area is 152 Å². The number of rotatable bonds is 9. The summed E-state index contributed by atoms with van der Waals surface area (Å²) in [5, 5.41) is 3.29. The van der Waals surface area contributed by atoms with Crippen LogP contribution in [0.15, 0.2) is 30.5 Å². The van der Waals surface area contributed by atoms with Crippen molar-refractivity contribution in [3.63, 3.8) is 0 Å². The van der Waals surface area contributed by atoms with Crippen LogP contribution in [0.2, 0.25) is 0 Å². The SMILES string of the molecule is C=C(N)COCC(F)(F)[C@@](N)(CC)c1cc(NC2CCCC2)ccc1F. The van der Waals surface area contributed by atoms with Gasteiger partial charge in [-0.1, -0.05) is 26.3 Å². The fourth-order valence-electron chi connectivity index (χ4n) is 3.35. The molecule has 1 aromatic carbocycles. The Balaban J connectivity index is 2.26. The maximum absolute atomic E-state index is 14.8. The van der Waals surface area contributed by atoms with E-state index in [2.05, 4.69) is 11.9 Å². The molecule has 5 N–H and O–H groups in total. The summed E-state index contributed by atoms with van der Waals surface area (Å²) in [6.07, 6.45) is 4.13. The highest BCUT2D eigenvalue weighted by atomic mass is 19.3. The highest BCUT2D eigenvalue weighted by Gasteiger charge is 2.52. The maximum Gasteiger partial charge on any atom is 0.292 e. The second-order valence-electron chi connectivity index (χ2n) is 7.00. The van der Waals surface area contributed by atoms with Crippen molar-refractivity contribution in [1.82, 2.24) is 0 Å². The molecule has 4 nitrogen and oxygen atoms in total. The second-order valence-corrected chi connectivity index (χ2v) is 7.00. The highest BCUT2D eigenvalue weighted by molar-refractivity contribution is 5.49. The summed E-state index contributed by atoms with van der Waals surface area (Å²) in [7, 11) is 0. The molecule has 0 aliphatic heterocycles. The van der Waals surface area contributed by atoms with E-state index in [9.17, 15) is 13.2 Å². The van der Waals surface area contributed by atoms with Gasteiger partial charge in [0.05, 0.1) is 6.61 Å². The molecule has 26 heavy (non-hydrogen) atoms. The lowest BCUT2D eigenvalue weighted by Crippen LogP contribution is -2.55. The van der Waals surface area contributed by atoms with Gasteiger partial charge in [-0.15, -0.1) is 0 Å². The van der Waals surface area contributed by atoms with Crippen molar-refractivity contribution in [3.8, 4) is 0 Å². The zero-order valence-corrected chi connectivity index (χ0v) is 15.2. The van der Waals surface area contributed by atoms with Gasteiger partial charge in [-0.05, 0) is 37.5 Å². The average molecular weight is 371 g/mol. The Kier molecular flexibility index (Phi) is 6.58. The largest absolute Gasteiger partial charge is 0.401 e. The van der Waals surface area contributed by atoms with Gasteiger partial charge in [0.15, 0.2) is 0 Å². The number of hydrogen-bond donors (Lipinski definition) is 3. The van der Waals surface area contributed by atoms with E-state index in [0.29, 0.717) is 5.69 Å². The first kappa shape index (κ1) is 20.6. The second kappa shape index (κ2) is 8.31. The number of halogens is 3. The summed E-state index contributed by atoms with van der Waals surface area (Å²) in [4.78, 5) is 0. The number of nitrogens with two attached hydrogens (primary N) is 2. The zero-order chi connectivity index (χ0) is 19.4. The van der Waals surface area contributed by atoms with Crippen molar-refractivity contribution >= 4 is 5.69 Å². The van der Waals surface area contributed by atoms with Crippen LogP contribution in [-0.2, 0) is 10.3 Å². The monoisotopic (exact) mass is 371 g/mol. The molecule has 1 saturated carbocycles. The van der Waals surface area contributed by atoms with Gasteiger partial charge in [0.2, 0.25) is 0 Å². The van der Waals surface area contributed by atoms with Crippen molar-refractivity contribution in [1.29, 1.82) is 0 Å². The molecule has 7 heteroatoms. The summed E-state index contributed by atoms with van der Waals surface area (Å²) in [6.45, 7) is 3.73. The molecular weight excluding hydrogens is 343 g/mol. The quantitative estimate of drug-likeness (QED) is 0.616. The fraction of sp³-hybridized carbons (Fsp3) is 0.579. The van der Waals surface area contributed by atoms with E-state index in [1.807, 2.05) is 0 Å². The van der Waals surface area contributed by atoms with Gasteiger partial charge in [-0.25, -0.2) is 13.2 Å². The normalized spacial score (nSPS) is 17.9. The standard InChI is InChI=1S/C19H28F3N3O/c1-3-18(24,19(21,22)12-26-11-13(2)23)16-10-15(8-9-17(16)20)25-14-6-4-5-7-14/h8-10,14,25H,2-7,11-12,23-24H2,1H3/t18-/m1/s1. The van der Waals surface area contributed by atoms with Crippen molar-refractivity contribution < 1.29 is 17.9 Å².